The van der Waals surface area contributed by atoms with Crippen LogP contribution in [0.1, 0.15) is 44.2 Å². The van der Waals surface area contributed by atoms with E-state index in [4.69, 9.17) is 4.74 Å². The number of ether oxygens (including phenoxy) is 1. The fourth-order valence-electron chi connectivity index (χ4n) is 3.25. The minimum absolute atomic E-state index is 0.0679. The van der Waals surface area contributed by atoms with Gasteiger partial charge in [-0.25, -0.2) is 20.0 Å². The number of hydrazine groups is 1. The number of rotatable bonds is 10. The van der Waals surface area contributed by atoms with Gasteiger partial charge in [0, 0.05) is 12.8 Å². The number of benzene rings is 2. The summed E-state index contributed by atoms with van der Waals surface area (Å²) in [5.74, 6) is -2.62. The molecule has 0 aromatic heterocycles. The van der Waals surface area contributed by atoms with Crippen molar-refractivity contribution in [3.63, 3.8) is 0 Å². The first-order valence-electron chi connectivity index (χ1n) is 10.5. The number of carboxylic acid groups (broad SMARTS) is 1. The molecule has 8 heteroatoms. The Balaban J connectivity index is 2.10. The summed E-state index contributed by atoms with van der Waals surface area (Å²) in [6, 6.07) is 18.4. The van der Waals surface area contributed by atoms with Crippen LogP contribution in [0.4, 0.5) is 4.79 Å². The van der Waals surface area contributed by atoms with Gasteiger partial charge in [-0.2, -0.15) is 0 Å². The first-order valence-corrected chi connectivity index (χ1v) is 10.5. The smallest absolute Gasteiger partial charge is 0.426 e. The molecule has 0 aliphatic rings. The van der Waals surface area contributed by atoms with E-state index in [0.717, 1.165) is 11.1 Å². The van der Waals surface area contributed by atoms with E-state index in [-0.39, 0.29) is 25.4 Å². The number of amides is 2. The van der Waals surface area contributed by atoms with Crippen molar-refractivity contribution in [1.29, 1.82) is 0 Å². The molecule has 0 spiro atoms. The monoisotopic (exact) mass is 442 g/mol. The molecule has 0 bridgehead atoms. The molecule has 2 amide bonds. The zero-order chi connectivity index (χ0) is 23.6. The van der Waals surface area contributed by atoms with Gasteiger partial charge in [0.1, 0.15) is 6.61 Å². The second-order valence-corrected chi connectivity index (χ2v) is 7.96. The summed E-state index contributed by atoms with van der Waals surface area (Å²) in [6.07, 6.45) is -0.368. The average molecular weight is 443 g/mol. The fraction of sp³-hybridized carbons (Fsp3) is 0.375. The molecule has 0 aliphatic carbocycles. The lowest BCUT2D eigenvalue weighted by Crippen LogP contribution is -2.64. The van der Waals surface area contributed by atoms with Crippen LogP contribution in [0.5, 0.6) is 0 Å². The predicted octanol–water partition coefficient (Wildman–Crippen LogP) is 3.50. The van der Waals surface area contributed by atoms with Crippen molar-refractivity contribution in [2.75, 3.05) is 0 Å². The summed E-state index contributed by atoms with van der Waals surface area (Å²) in [5.41, 5.74) is 1.29. The lowest BCUT2D eigenvalue weighted by molar-refractivity contribution is -0.198. The highest BCUT2D eigenvalue weighted by atomic mass is 16.6. The van der Waals surface area contributed by atoms with Gasteiger partial charge in [0.15, 0.2) is 0 Å². The highest BCUT2D eigenvalue weighted by molar-refractivity contribution is 5.87. The normalized spacial score (nSPS) is 12.6. The Morgan fingerprint density at radius 2 is 1.56 bits per heavy atom. The summed E-state index contributed by atoms with van der Waals surface area (Å²) in [4.78, 5) is 37.2. The summed E-state index contributed by atoms with van der Waals surface area (Å²) in [6.45, 7) is 3.35. The molecule has 0 fully saturated rings. The maximum Gasteiger partial charge on any atom is 0.426 e. The van der Waals surface area contributed by atoms with E-state index in [0.29, 0.717) is 17.9 Å². The average Bonchev–Trinajstić information content (AvgIpc) is 2.76. The van der Waals surface area contributed by atoms with E-state index in [2.05, 4.69) is 5.43 Å². The van der Waals surface area contributed by atoms with Gasteiger partial charge in [-0.3, -0.25) is 4.79 Å². The van der Waals surface area contributed by atoms with E-state index in [1.54, 1.807) is 38.1 Å². The lowest BCUT2D eigenvalue weighted by Gasteiger charge is -2.36. The van der Waals surface area contributed by atoms with E-state index < -0.39 is 23.7 Å². The van der Waals surface area contributed by atoms with Crippen molar-refractivity contribution in [2.24, 2.45) is 5.92 Å². The van der Waals surface area contributed by atoms with E-state index >= 15 is 0 Å². The molecule has 0 aliphatic heterocycles. The van der Waals surface area contributed by atoms with Gasteiger partial charge in [0.25, 0.3) is 5.72 Å². The third kappa shape index (κ3) is 7.39. The molecule has 0 saturated heterocycles. The minimum Gasteiger partial charge on any atom is -0.478 e. The molecule has 0 saturated carbocycles. The number of aryl methyl sites for hydroxylation is 1. The van der Waals surface area contributed by atoms with Crippen LogP contribution in [-0.2, 0) is 27.4 Å². The first kappa shape index (κ1) is 24.9. The zero-order valence-corrected chi connectivity index (χ0v) is 18.4. The molecule has 0 heterocycles. The van der Waals surface area contributed by atoms with Crippen molar-refractivity contribution >= 4 is 18.0 Å². The standard InChI is InChI=1S/C24H30N2O6/c1-18(2)16-24(31,22(28)29)26(21(27)15-9-14-19-10-5-3-6-11-19)25-23(30)32-17-20-12-7-4-8-13-20/h3-8,10-13,18,31H,9,14-17H2,1-2H3,(H,25,30)(H,28,29)/t24-/m0/s1. The van der Waals surface area contributed by atoms with Gasteiger partial charge in [-0.1, -0.05) is 74.5 Å². The SMILES string of the molecule is CC(C)C[C@](O)(C(=O)O)N(NC(=O)OCc1ccccc1)C(=O)CCCc1ccccc1. The molecule has 0 unspecified atom stereocenters. The van der Waals surface area contributed by atoms with Crippen molar-refractivity contribution in [1.82, 2.24) is 10.4 Å². The van der Waals surface area contributed by atoms with E-state index in [1.165, 1.54) is 0 Å². The van der Waals surface area contributed by atoms with Gasteiger partial charge >= 0.3 is 12.1 Å². The zero-order valence-electron chi connectivity index (χ0n) is 18.4. The Labute approximate surface area is 187 Å². The number of nitrogens with zero attached hydrogens (tertiary/aromatic N) is 1. The summed E-state index contributed by atoms with van der Waals surface area (Å²) >= 11 is 0. The predicted molar refractivity (Wildman–Crippen MR) is 118 cm³/mol. The van der Waals surface area contributed by atoms with Gasteiger partial charge < -0.3 is 14.9 Å². The Hall–Kier alpha value is -3.39. The Morgan fingerprint density at radius 3 is 2.09 bits per heavy atom. The maximum atomic E-state index is 12.9. The minimum atomic E-state index is -2.61. The molecule has 1 atom stereocenters. The summed E-state index contributed by atoms with van der Waals surface area (Å²) in [5, 5.41) is 21.1. The summed E-state index contributed by atoms with van der Waals surface area (Å²) < 4.78 is 5.11. The Kier molecular flexibility index (Phi) is 9.22. The third-order valence-corrected chi connectivity index (χ3v) is 4.77. The van der Waals surface area contributed by atoms with Crippen molar-refractivity contribution in [3.05, 3.63) is 71.8 Å². The van der Waals surface area contributed by atoms with Crippen LogP contribution in [0.15, 0.2) is 60.7 Å². The van der Waals surface area contributed by atoms with E-state index in [1.807, 2.05) is 36.4 Å². The van der Waals surface area contributed by atoms with Gasteiger partial charge in [-0.05, 0) is 29.9 Å². The van der Waals surface area contributed by atoms with Crippen molar-refractivity contribution < 1.29 is 29.3 Å². The number of carbonyl (C=O) groups excluding carboxylic acids is 2. The largest absolute Gasteiger partial charge is 0.478 e. The van der Waals surface area contributed by atoms with Crippen LogP contribution >= 0.6 is 0 Å². The number of aliphatic carboxylic acids is 1. The van der Waals surface area contributed by atoms with Crippen molar-refractivity contribution in [2.45, 2.75) is 51.9 Å². The highest BCUT2D eigenvalue weighted by Gasteiger charge is 2.47. The second kappa shape index (κ2) is 11.9. The first-order chi connectivity index (χ1) is 15.2. The molecule has 0 radical (unpaired) electrons. The van der Waals surface area contributed by atoms with Crippen LogP contribution in [-0.4, -0.2) is 38.9 Å². The molecular weight excluding hydrogens is 412 g/mol. The number of hydrogen-bond acceptors (Lipinski definition) is 5. The molecule has 2 rings (SSSR count). The molecule has 2 aromatic rings. The second-order valence-electron chi connectivity index (χ2n) is 7.96. The topological polar surface area (TPSA) is 116 Å². The fourth-order valence-corrected chi connectivity index (χ4v) is 3.25. The molecule has 8 nitrogen and oxygen atoms in total. The Bertz CT molecular complexity index is 888. The molecule has 172 valence electrons. The quantitative estimate of drug-likeness (QED) is 0.383. The number of aliphatic hydroxyl groups is 1. The van der Waals surface area contributed by atoms with Crippen LogP contribution in [0.3, 0.4) is 0 Å². The van der Waals surface area contributed by atoms with Gasteiger partial charge in [0.05, 0.1) is 0 Å². The Morgan fingerprint density at radius 1 is 1.00 bits per heavy atom. The van der Waals surface area contributed by atoms with Gasteiger partial charge in [0.2, 0.25) is 5.91 Å². The number of hydrogen-bond donors (Lipinski definition) is 3. The number of carboxylic acids is 1. The molecule has 2 aromatic carbocycles. The lowest BCUT2D eigenvalue weighted by atomic mass is 9.99. The van der Waals surface area contributed by atoms with Crippen molar-refractivity contribution in [3.8, 4) is 0 Å². The van der Waals surface area contributed by atoms with Gasteiger partial charge in [-0.15, -0.1) is 0 Å². The van der Waals surface area contributed by atoms with Crippen LogP contribution < -0.4 is 5.43 Å². The number of nitrogens with one attached hydrogen (secondary N) is 1. The van der Waals surface area contributed by atoms with Crippen LogP contribution in [0, 0.1) is 5.92 Å². The van der Waals surface area contributed by atoms with Crippen LogP contribution in [0.25, 0.3) is 0 Å². The molecule has 3 N–H and O–H groups in total. The van der Waals surface area contributed by atoms with E-state index in [9.17, 15) is 24.6 Å². The van der Waals surface area contributed by atoms with Crippen LogP contribution in [0.2, 0.25) is 0 Å². The number of carbonyl (C=O) groups is 3. The summed E-state index contributed by atoms with van der Waals surface area (Å²) in [7, 11) is 0. The molecular formula is C24H30N2O6. The molecule has 32 heavy (non-hydrogen) atoms. The maximum absolute atomic E-state index is 12.9. The highest BCUT2D eigenvalue weighted by Crippen LogP contribution is 2.23. The third-order valence-electron chi connectivity index (χ3n) is 4.77.